The molecule has 0 aromatic carbocycles. The van der Waals surface area contributed by atoms with E-state index in [0.29, 0.717) is 5.95 Å². The lowest BCUT2D eigenvalue weighted by Crippen LogP contribution is -2.29. The standard InChI is InChI=1S/C14H22N6O/c1-3-15-13-17-11-10(9-16-19-11)12(18-13)20-7-4-5-14(2,21)6-8-20/h9,21H,3-8H2,1-2H3,(H2,15,16,17,18,19). The van der Waals surface area contributed by atoms with Gasteiger partial charge in [-0.1, -0.05) is 0 Å². The van der Waals surface area contributed by atoms with Crippen molar-refractivity contribution in [1.29, 1.82) is 0 Å². The maximum Gasteiger partial charge on any atom is 0.226 e. The topological polar surface area (TPSA) is 90.0 Å². The van der Waals surface area contributed by atoms with Gasteiger partial charge in [0.2, 0.25) is 5.95 Å². The number of hydrogen-bond acceptors (Lipinski definition) is 6. The van der Waals surface area contributed by atoms with Crippen molar-refractivity contribution in [2.24, 2.45) is 0 Å². The van der Waals surface area contributed by atoms with Crippen LogP contribution in [0.25, 0.3) is 11.0 Å². The molecule has 3 rings (SSSR count). The molecule has 1 aliphatic rings. The van der Waals surface area contributed by atoms with E-state index in [1.165, 1.54) is 0 Å². The van der Waals surface area contributed by atoms with Crippen LogP contribution in [0.3, 0.4) is 0 Å². The van der Waals surface area contributed by atoms with E-state index in [1.54, 1.807) is 6.20 Å². The summed E-state index contributed by atoms with van der Waals surface area (Å²) in [7, 11) is 0. The van der Waals surface area contributed by atoms with Gasteiger partial charge in [-0.2, -0.15) is 15.1 Å². The van der Waals surface area contributed by atoms with Crippen LogP contribution in [-0.2, 0) is 0 Å². The molecule has 1 fully saturated rings. The number of H-pyrrole nitrogens is 1. The van der Waals surface area contributed by atoms with Gasteiger partial charge in [0, 0.05) is 19.6 Å². The minimum Gasteiger partial charge on any atom is -0.390 e. The molecule has 7 nitrogen and oxygen atoms in total. The Labute approximate surface area is 123 Å². The van der Waals surface area contributed by atoms with Gasteiger partial charge in [0.15, 0.2) is 5.65 Å². The molecule has 0 bridgehead atoms. The van der Waals surface area contributed by atoms with E-state index in [1.807, 2.05) is 13.8 Å². The number of aliphatic hydroxyl groups is 1. The minimum atomic E-state index is -0.582. The molecule has 114 valence electrons. The molecule has 1 aliphatic heterocycles. The van der Waals surface area contributed by atoms with Crippen molar-refractivity contribution in [2.45, 2.75) is 38.7 Å². The molecular formula is C14H22N6O. The van der Waals surface area contributed by atoms with Crippen molar-refractivity contribution in [2.75, 3.05) is 29.9 Å². The Balaban J connectivity index is 1.96. The average Bonchev–Trinajstić information content (AvgIpc) is 2.83. The van der Waals surface area contributed by atoms with Gasteiger partial charge in [-0.25, -0.2) is 0 Å². The predicted octanol–water partition coefficient (Wildman–Crippen LogP) is 1.53. The zero-order valence-corrected chi connectivity index (χ0v) is 12.6. The van der Waals surface area contributed by atoms with Crippen LogP contribution >= 0.6 is 0 Å². The maximum atomic E-state index is 10.2. The van der Waals surface area contributed by atoms with Gasteiger partial charge in [0.05, 0.1) is 17.2 Å². The molecule has 2 aromatic rings. The Kier molecular flexibility index (Phi) is 3.67. The Morgan fingerprint density at radius 3 is 3.05 bits per heavy atom. The van der Waals surface area contributed by atoms with Crippen LogP contribution in [0.5, 0.6) is 0 Å². The third-order valence-corrected chi connectivity index (χ3v) is 3.99. The molecular weight excluding hydrogens is 268 g/mol. The van der Waals surface area contributed by atoms with Crippen LogP contribution in [0, 0.1) is 0 Å². The lowest BCUT2D eigenvalue weighted by Gasteiger charge is -2.24. The third-order valence-electron chi connectivity index (χ3n) is 3.99. The average molecular weight is 290 g/mol. The van der Waals surface area contributed by atoms with E-state index in [0.717, 1.165) is 55.7 Å². The number of aromatic amines is 1. The zero-order chi connectivity index (χ0) is 14.9. The highest BCUT2D eigenvalue weighted by atomic mass is 16.3. The van der Waals surface area contributed by atoms with Crippen molar-refractivity contribution in [3.8, 4) is 0 Å². The molecule has 0 radical (unpaired) electrons. The molecule has 1 atom stereocenters. The number of nitrogens with zero attached hydrogens (tertiary/aromatic N) is 4. The number of hydrogen-bond donors (Lipinski definition) is 3. The van der Waals surface area contributed by atoms with Crippen LogP contribution in [-0.4, -0.2) is 50.5 Å². The number of rotatable bonds is 3. The van der Waals surface area contributed by atoms with Crippen LogP contribution in [0.1, 0.15) is 33.1 Å². The van der Waals surface area contributed by atoms with Gasteiger partial charge in [-0.05, 0) is 33.1 Å². The maximum absolute atomic E-state index is 10.2. The predicted molar refractivity (Wildman–Crippen MR) is 82.5 cm³/mol. The fraction of sp³-hybridized carbons (Fsp3) is 0.643. The van der Waals surface area contributed by atoms with Crippen molar-refractivity contribution in [1.82, 2.24) is 20.2 Å². The Morgan fingerprint density at radius 2 is 2.24 bits per heavy atom. The van der Waals surface area contributed by atoms with Gasteiger partial charge in [0.25, 0.3) is 0 Å². The molecule has 0 spiro atoms. The minimum absolute atomic E-state index is 0.582. The fourth-order valence-corrected chi connectivity index (χ4v) is 2.77. The summed E-state index contributed by atoms with van der Waals surface area (Å²) < 4.78 is 0. The van der Waals surface area contributed by atoms with E-state index < -0.39 is 5.60 Å². The quantitative estimate of drug-likeness (QED) is 0.794. The van der Waals surface area contributed by atoms with Crippen molar-refractivity contribution in [3.05, 3.63) is 6.20 Å². The third kappa shape index (κ3) is 2.92. The Morgan fingerprint density at radius 1 is 1.38 bits per heavy atom. The first-order valence-electron chi connectivity index (χ1n) is 7.51. The highest BCUT2D eigenvalue weighted by molar-refractivity contribution is 5.87. The van der Waals surface area contributed by atoms with Crippen LogP contribution in [0.4, 0.5) is 11.8 Å². The lowest BCUT2D eigenvalue weighted by atomic mass is 9.98. The number of nitrogens with one attached hydrogen (secondary N) is 2. The summed E-state index contributed by atoms with van der Waals surface area (Å²) in [5, 5.41) is 21.3. The molecule has 1 unspecified atom stereocenters. The zero-order valence-electron chi connectivity index (χ0n) is 12.6. The molecule has 0 aliphatic carbocycles. The van der Waals surface area contributed by atoms with Gasteiger partial charge < -0.3 is 15.3 Å². The fourth-order valence-electron chi connectivity index (χ4n) is 2.77. The molecule has 0 saturated carbocycles. The SMILES string of the molecule is CCNc1nc(N2CCCC(C)(O)CC2)c2cn[nH]c2n1. The normalized spacial score (nSPS) is 23.3. The van der Waals surface area contributed by atoms with Crippen molar-refractivity contribution >= 4 is 22.8 Å². The van der Waals surface area contributed by atoms with E-state index in [4.69, 9.17) is 0 Å². The van der Waals surface area contributed by atoms with Crippen LogP contribution < -0.4 is 10.2 Å². The first-order valence-corrected chi connectivity index (χ1v) is 7.51. The summed E-state index contributed by atoms with van der Waals surface area (Å²) >= 11 is 0. The Bertz CT molecular complexity index is 623. The summed E-state index contributed by atoms with van der Waals surface area (Å²) in [6, 6.07) is 0. The van der Waals surface area contributed by atoms with E-state index in [-0.39, 0.29) is 0 Å². The van der Waals surface area contributed by atoms with Gasteiger partial charge in [-0.15, -0.1) is 0 Å². The van der Waals surface area contributed by atoms with Crippen LogP contribution in [0.2, 0.25) is 0 Å². The number of fused-ring (bicyclic) bond motifs is 1. The largest absolute Gasteiger partial charge is 0.390 e. The summed E-state index contributed by atoms with van der Waals surface area (Å²) in [5.74, 6) is 1.50. The van der Waals surface area contributed by atoms with E-state index in [2.05, 4.69) is 30.4 Å². The summed E-state index contributed by atoms with van der Waals surface area (Å²) in [6.45, 7) is 6.37. The summed E-state index contributed by atoms with van der Waals surface area (Å²) in [6.07, 6.45) is 4.28. The van der Waals surface area contributed by atoms with Gasteiger partial charge in [0.1, 0.15) is 5.82 Å². The second kappa shape index (κ2) is 5.48. The first-order chi connectivity index (χ1) is 10.1. The van der Waals surface area contributed by atoms with Gasteiger partial charge in [-0.3, -0.25) is 5.10 Å². The first kappa shape index (κ1) is 14.1. The molecule has 0 amide bonds. The highest BCUT2D eigenvalue weighted by Crippen LogP contribution is 2.28. The smallest absolute Gasteiger partial charge is 0.226 e. The molecule has 3 N–H and O–H groups in total. The van der Waals surface area contributed by atoms with Crippen molar-refractivity contribution < 1.29 is 5.11 Å². The molecule has 3 heterocycles. The lowest BCUT2D eigenvalue weighted by molar-refractivity contribution is 0.0481. The molecule has 21 heavy (non-hydrogen) atoms. The van der Waals surface area contributed by atoms with E-state index in [9.17, 15) is 5.11 Å². The monoisotopic (exact) mass is 290 g/mol. The highest BCUT2D eigenvalue weighted by Gasteiger charge is 2.26. The van der Waals surface area contributed by atoms with Crippen molar-refractivity contribution in [3.63, 3.8) is 0 Å². The second-order valence-electron chi connectivity index (χ2n) is 5.87. The van der Waals surface area contributed by atoms with Crippen LogP contribution in [0.15, 0.2) is 6.20 Å². The molecule has 7 heteroatoms. The second-order valence-corrected chi connectivity index (χ2v) is 5.87. The number of anilines is 2. The molecule has 1 saturated heterocycles. The summed E-state index contributed by atoms with van der Waals surface area (Å²) in [5.41, 5.74) is 0.161. The number of aromatic nitrogens is 4. The Hall–Kier alpha value is -1.89. The summed E-state index contributed by atoms with van der Waals surface area (Å²) in [4.78, 5) is 11.3. The molecule has 2 aromatic heterocycles. The van der Waals surface area contributed by atoms with E-state index >= 15 is 0 Å². The van der Waals surface area contributed by atoms with Gasteiger partial charge >= 0.3 is 0 Å².